The zero-order chi connectivity index (χ0) is 8.72. The van der Waals surface area contributed by atoms with Crippen molar-refractivity contribution < 1.29 is 4.42 Å². The maximum atomic E-state index is 5.64. The van der Waals surface area contributed by atoms with Crippen LogP contribution in [-0.4, -0.2) is 10.2 Å². The highest BCUT2D eigenvalue weighted by molar-refractivity contribution is 6.32. The normalized spacial score (nSPS) is 11.2. The number of benzene rings is 1. The van der Waals surface area contributed by atoms with Gasteiger partial charge in [0.25, 0.3) is 0 Å². The third-order valence-corrected chi connectivity index (χ3v) is 3.35. The minimum atomic E-state index is 0.996. The third-order valence-electron chi connectivity index (χ3n) is 2.40. The summed E-state index contributed by atoms with van der Waals surface area (Å²) in [6, 6.07) is 6.21. The Bertz CT molecular complexity index is 429. The van der Waals surface area contributed by atoms with Crippen LogP contribution in [-0.2, 0) is 0 Å². The molecule has 0 N–H and O–H groups in total. The fraction of sp³-hybridized carbons (Fsp3) is 0.200. The predicted octanol–water partition coefficient (Wildman–Crippen LogP) is 1.04. The molecule has 2 heteroatoms. The molecule has 0 atom stereocenters. The standard InChI is InChI=1S/C10H12OSi/c1-6-4-3-5-8-9(6)7(2)10(12)11-8/h3-5H,1-2,12H3. The van der Waals surface area contributed by atoms with E-state index in [0.29, 0.717) is 0 Å². The monoisotopic (exact) mass is 176 g/mol. The van der Waals surface area contributed by atoms with Crippen molar-refractivity contribution >= 4 is 26.6 Å². The molecule has 12 heavy (non-hydrogen) atoms. The van der Waals surface area contributed by atoms with E-state index in [1.165, 1.54) is 21.9 Å². The van der Waals surface area contributed by atoms with Crippen LogP contribution in [0.25, 0.3) is 11.0 Å². The van der Waals surface area contributed by atoms with Gasteiger partial charge in [-0.3, -0.25) is 0 Å². The van der Waals surface area contributed by atoms with Gasteiger partial charge in [-0.15, -0.1) is 0 Å². The second kappa shape index (κ2) is 2.49. The van der Waals surface area contributed by atoms with E-state index in [1.54, 1.807) is 0 Å². The summed E-state index contributed by atoms with van der Waals surface area (Å²) < 4.78 is 5.64. The van der Waals surface area contributed by atoms with Crippen LogP contribution in [0, 0.1) is 13.8 Å². The van der Waals surface area contributed by atoms with Gasteiger partial charge in [-0.25, -0.2) is 0 Å². The Kier molecular flexibility index (Phi) is 1.58. The zero-order valence-electron chi connectivity index (χ0n) is 7.64. The van der Waals surface area contributed by atoms with E-state index >= 15 is 0 Å². The van der Waals surface area contributed by atoms with E-state index in [0.717, 1.165) is 15.8 Å². The van der Waals surface area contributed by atoms with Crippen LogP contribution in [0.15, 0.2) is 22.6 Å². The van der Waals surface area contributed by atoms with E-state index in [2.05, 4.69) is 19.9 Å². The summed E-state index contributed by atoms with van der Waals surface area (Å²) in [5.41, 5.74) is 3.68. The molecule has 0 radical (unpaired) electrons. The number of aryl methyl sites for hydroxylation is 2. The van der Waals surface area contributed by atoms with Gasteiger partial charge < -0.3 is 4.42 Å². The average molecular weight is 176 g/mol. The lowest BCUT2D eigenvalue weighted by atomic mass is 10.1. The molecular formula is C10H12OSi. The number of hydrogen-bond donors (Lipinski definition) is 0. The summed E-state index contributed by atoms with van der Waals surface area (Å²) in [6.07, 6.45) is 0. The van der Waals surface area contributed by atoms with Crippen molar-refractivity contribution in [2.24, 2.45) is 0 Å². The molecule has 0 fully saturated rings. The summed E-state index contributed by atoms with van der Waals surface area (Å²) in [6.45, 7) is 4.27. The number of furan rings is 1. The molecule has 0 saturated heterocycles. The Labute approximate surface area is 74.8 Å². The summed E-state index contributed by atoms with van der Waals surface area (Å²) in [5.74, 6) is 0. The lowest BCUT2D eigenvalue weighted by molar-refractivity contribution is 0.651. The molecule has 0 aliphatic heterocycles. The summed E-state index contributed by atoms with van der Waals surface area (Å²) >= 11 is 0. The first-order valence-electron chi connectivity index (χ1n) is 4.15. The van der Waals surface area contributed by atoms with E-state index < -0.39 is 0 Å². The van der Waals surface area contributed by atoms with Gasteiger partial charge in [-0.05, 0) is 31.0 Å². The van der Waals surface area contributed by atoms with Gasteiger partial charge in [-0.1, -0.05) is 12.1 Å². The molecule has 0 bridgehead atoms. The quantitative estimate of drug-likeness (QED) is 0.547. The fourth-order valence-electron chi connectivity index (χ4n) is 1.62. The molecule has 0 aliphatic carbocycles. The topological polar surface area (TPSA) is 13.1 Å². The first-order chi connectivity index (χ1) is 5.70. The summed E-state index contributed by atoms with van der Waals surface area (Å²) in [7, 11) is 0.996. The van der Waals surface area contributed by atoms with Gasteiger partial charge in [0.1, 0.15) is 5.58 Å². The van der Waals surface area contributed by atoms with Crippen molar-refractivity contribution in [2.45, 2.75) is 13.8 Å². The van der Waals surface area contributed by atoms with Gasteiger partial charge in [0.05, 0.1) is 15.6 Å². The molecule has 1 aromatic heterocycles. The van der Waals surface area contributed by atoms with Crippen LogP contribution in [0.1, 0.15) is 11.1 Å². The van der Waals surface area contributed by atoms with Crippen molar-refractivity contribution in [1.82, 2.24) is 0 Å². The molecule has 0 amide bonds. The molecule has 0 saturated carbocycles. The predicted molar refractivity (Wildman–Crippen MR) is 55.3 cm³/mol. The highest BCUT2D eigenvalue weighted by atomic mass is 28.1. The Morgan fingerprint density at radius 1 is 1.25 bits per heavy atom. The van der Waals surface area contributed by atoms with Crippen molar-refractivity contribution in [3.05, 3.63) is 29.3 Å². The van der Waals surface area contributed by atoms with Crippen LogP contribution in [0.2, 0.25) is 0 Å². The van der Waals surface area contributed by atoms with Gasteiger partial charge in [-0.2, -0.15) is 0 Å². The first kappa shape index (κ1) is 7.62. The van der Waals surface area contributed by atoms with Crippen LogP contribution in [0.5, 0.6) is 0 Å². The second-order valence-corrected chi connectivity index (χ2v) is 4.14. The van der Waals surface area contributed by atoms with Crippen molar-refractivity contribution in [3.63, 3.8) is 0 Å². The maximum Gasteiger partial charge on any atom is 0.134 e. The fourth-order valence-corrected chi connectivity index (χ4v) is 2.09. The van der Waals surface area contributed by atoms with E-state index in [9.17, 15) is 0 Å². The lowest BCUT2D eigenvalue weighted by Crippen LogP contribution is -2.00. The van der Waals surface area contributed by atoms with Crippen LogP contribution >= 0.6 is 0 Å². The third kappa shape index (κ3) is 0.916. The van der Waals surface area contributed by atoms with Crippen LogP contribution in [0.4, 0.5) is 0 Å². The Hall–Kier alpha value is -1.02. The molecule has 0 spiro atoms. The van der Waals surface area contributed by atoms with Crippen molar-refractivity contribution in [3.8, 4) is 0 Å². The zero-order valence-corrected chi connectivity index (χ0v) is 9.64. The molecule has 1 heterocycles. The van der Waals surface area contributed by atoms with Crippen LogP contribution in [0.3, 0.4) is 0 Å². The Morgan fingerprint density at radius 2 is 2.00 bits per heavy atom. The molecule has 1 nitrogen and oxygen atoms in total. The van der Waals surface area contributed by atoms with Gasteiger partial charge in [0, 0.05) is 5.39 Å². The maximum absolute atomic E-state index is 5.64. The van der Waals surface area contributed by atoms with Gasteiger partial charge in [0.2, 0.25) is 0 Å². The molecule has 0 unspecified atom stereocenters. The highest BCUT2D eigenvalue weighted by Crippen LogP contribution is 2.21. The average Bonchev–Trinajstić information content (AvgIpc) is 2.29. The second-order valence-electron chi connectivity index (χ2n) is 3.23. The SMILES string of the molecule is Cc1cccc2oc([SiH3])c(C)c12. The molecule has 1 aromatic carbocycles. The molecule has 62 valence electrons. The molecular weight excluding hydrogens is 164 g/mol. The Morgan fingerprint density at radius 3 is 2.67 bits per heavy atom. The smallest absolute Gasteiger partial charge is 0.134 e. The van der Waals surface area contributed by atoms with E-state index in [1.807, 2.05) is 12.1 Å². The van der Waals surface area contributed by atoms with Crippen molar-refractivity contribution in [2.75, 3.05) is 0 Å². The lowest BCUT2D eigenvalue weighted by Gasteiger charge is -1.94. The van der Waals surface area contributed by atoms with E-state index in [-0.39, 0.29) is 0 Å². The largest absolute Gasteiger partial charge is 0.467 e. The summed E-state index contributed by atoms with van der Waals surface area (Å²) in [4.78, 5) is 0. The Balaban J connectivity index is 2.97. The highest BCUT2D eigenvalue weighted by Gasteiger charge is 2.06. The minimum Gasteiger partial charge on any atom is -0.467 e. The van der Waals surface area contributed by atoms with Gasteiger partial charge >= 0.3 is 0 Å². The molecule has 2 rings (SSSR count). The number of fused-ring (bicyclic) bond motifs is 1. The number of rotatable bonds is 0. The van der Waals surface area contributed by atoms with Crippen molar-refractivity contribution in [1.29, 1.82) is 0 Å². The number of hydrogen-bond acceptors (Lipinski definition) is 1. The molecule has 0 aliphatic rings. The first-order valence-corrected chi connectivity index (χ1v) is 5.15. The van der Waals surface area contributed by atoms with Gasteiger partial charge in [0.15, 0.2) is 0 Å². The minimum absolute atomic E-state index is 0.996. The molecule has 2 aromatic rings. The summed E-state index contributed by atoms with van der Waals surface area (Å²) in [5, 5.41) is 2.47. The van der Waals surface area contributed by atoms with E-state index in [4.69, 9.17) is 4.42 Å². The van der Waals surface area contributed by atoms with Crippen LogP contribution < -0.4 is 5.38 Å².